The van der Waals surface area contributed by atoms with Gasteiger partial charge in [-0.2, -0.15) is 0 Å². The molecule has 0 saturated carbocycles. The highest BCUT2D eigenvalue weighted by atomic mass is 28.3. The molecule has 0 radical (unpaired) electrons. The fourth-order valence-electron chi connectivity index (χ4n) is 3.63. The number of aromatic nitrogens is 1. The molecule has 4 rings (SSSR count). The second kappa shape index (κ2) is 7.05. The van der Waals surface area contributed by atoms with Crippen LogP contribution in [0, 0.1) is 0 Å². The Bertz CT molecular complexity index is 1030. The van der Waals surface area contributed by atoms with Gasteiger partial charge in [-0.25, -0.2) is 0 Å². The minimum absolute atomic E-state index is 1.21. The van der Waals surface area contributed by atoms with Gasteiger partial charge < -0.3 is 4.57 Å². The molecule has 4 aromatic rings. The van der Waals surface area contributed by atoms with Gasteiger partial charge in [-0.1, -0.05) is 98.5 Å². The van der Waals surface area contributed by atoms with Crippen molar-refractivity contribution in [2.24, 2.45) is 0 Å². The van der Waals surface area contributed by atoms with Crippen LogP contribution in [-0.4, -0.2) is 12.6 Å². The Balaban J connectivity index is 2.11. The third-order valence-electron chi connectivity index (χ3n) is 4.94. The molecule has 1 heterocycles. The van der Waals surface area contributed by atoms with Crippen LogP contribution in [0.3, 0.4) is 0 Å². The van der Waals surface area contributed by atoms with Crippen LogP contribution in [0.1, 0.15) is 0 Å². The number of rotatable bonds is 4. The number of para-hydroxylation sites is 1. The molecule has 0 amide bonds. The molecule has 0 N–H and O–H groups in total. The standard InChI is InChI=1S/C25H25NSi/c1-27(2,3)24-19-23(20-13-7-4-8-14-20)26(22-17-11-6-12-18-22)25(24)21-15-9-5-10-16-21/h4-19H,1-3H3. The molecule has 27 heavy (non-hydrogen) atoms. The highest BCUT2D eigenvalue weighted by Crippen LogP contribution is 2.32. The van der Waals surface area contributed by atoms with Crippen LogP contribution in [0.5, 0.6) is 0 Å². The van der Waals surface area contributed by atoms with E-state index in [-0.39, 0.29) is 0 Å². The molecule has 0 fully saturated rings. The molecule has 3 aromatic carbocycles. The maximum atomic E-state index is 2.44. The molecular formula is C25H25NSi. The molecule has 0 atom stereocenters. The zero-order valence-electron chi connectivity index (χ0n) is 16.2. The Morgan fingerprint density at radius 1 is 0.593 bits per heavy atom. The van der Waals surface area contributed by atoms with E-state index in [1.807, 2.05) is 0 Å². The van der Waals surface area contributed by atoms with Crippen molar-refractivity contribution in [3.05, 3.63) is 97.1 Å². The third-order valence-corrected chi connectivity index (χ3v) is 6.94. The van der Waals surface area contributed by atoms with Crippen molar-refractivity contribution in [3.8, 4) is 28.2 Å². The van der Waals surface area contributed by atoms with Crippen LogP contribution < -0.4 is 5.19 Å². The number of hydrogen-bond acceptors (Lipinski definition) is 0. The SMILES string of the molecule is C[Si](C)(C)c1cc(-c2ccccc2)n(-c2ccccc2)c1-c1ccccc1. The lowest BCUT2D eigenvalue weighted by Crippen LogP contribution is -2.38. The first-order chi connectivity index (χ1) is 13.1. The van der Waals surface area contributed by atoms with Crippen LogP contribution in [0.2, 0.25) is 19.6 Å². The first kappa shape index (κ1) is 17.6. The first-order valence-corrected chi connectivity index (χ1v) is 13.0. The van der Waals surface area contributed by atoms with Crippen LogP contribution >= 0.6 is 0 Å². The fraction of sp³-hybridized carbons (Fsp3) is 0.120. The lowest BCUT2D eigenvalue weighted by molar-refractivity contribution is 1.10. The van der Waals surface area contributed by atoms with Gasteiger partial charge in [0, 0.05) is 5.69 Å². The Labute approximate surface area is 162 Å². The summed E-state index contributed by atoms with van der Waals surface area (Å²) in [5, 5.41) is 1.50. The van der Waals surface area contributed by atoms with Crippen LogP contribution in [-0.2, 0) is 0 Å². The normalized spacial score (nSPS) is 11.5. The zero-order chi connectivity index (χ0) is 18.9. The molecule has 1 aromatic heterocycles. The van der Waals surface area contributed by atoms with Crippen molar-refractivity contribution < 1.29 is 0 Å². The number of nitrogens with zero attached hydrogens (tertiary/aromatic N) is 1. The Hall–Kier alpha value is -2.84. The van der Waals surface area contributed by atoms with Gasteiger partial charge in [0.2, 0.25) is 0 Å². The Morgan fingerprint density at radius 3 is 1.59 bits per heavy atom. The summed E-state index contributed by atoms with van der Waals surface area (Å²) in [5.74, 6) is 0. The monoisotopic (exact) mass is 367 g/mol. The van der Waals surface area contributed by atoms with E-state index >= 15 is 0 Å². The summed E-state index contributed by atoms with van der Waals surface area (Å²) in [6, 6.07) is 34.7. The van der Waals surface area contributed by atoms with Crippen molar-refractivity contribution in [2.45, 2.75) is 19.6 Å². The highest BCUT2D eigenvalue weighted by Gasteiger charge is 2.27. The second-order valence-electron chi connectivity index (χ2n) is 7.94. The van der Waals surface area contributed by atoms with Gasteiger partial charge >= 0.3 is 0 Å². The molecule has 0 unspecified atom stereocenters. The Kier molecular flexibility index (Phi) is 4.59. The highest BCUT2D eigenvalue weighted by molar-refractivity contribution is 6.89. The van der Waals surface area contributed by atoms with E-state index in [1.54, 1.807) is 0 Å². The summed E-state index contributed by atoms with van der Waals surface area (Å²) < 4.78 is 2.44. The molecule has 0 saturated heterocycles. The third kappa shape index (κ3) is 3.41. The van der Waals surface area contributed by atoms with Gasteiger partial charge in [0.1, 0.15) is 0 Å². The lowest BCUT2D eigenvalue weighted by Gasteiger charge is -2.20. The Morgan fingerprint density at radius 2 is 1.07 bits per heavy atom. The summed E-state index contributed by atoms with van der Waals surface area (Å²) in [6.45, 7) is 7.29. The molecule has 134 valence electrons. The van der Waals surface area contributed by atoms with Gasteiger partial charge in [-0.3, -0.25) is 0 Å². The second-order valence-corrected chi connectivity index (χ2v) is 13.0. The minimum Gasteiger partial charge on any atom is -0.309 e. The van der Waals surface area contributed by atoms with E-state index in [2.05, 4.69) is 121 Å². The van der Waals surface area contributed by atoms with Gasteiger partial charge in [-0.05, 0) is 34.5 Å². The molecular weight excluding hydrogens is 342 g/mol. The van der Waals surface area contributed by atoms with Crippen molar-refractivity contribution >= 4 is 13.3 Å². The van der Waals surface area contributed by atoms with Crippen molar-refractivity contribution in [2.75, 3.05) is 0 Å². The maximum Gasteiger partial charge on any atom is 0.0804 e. The largest absolute Gasteiger partial charge is 0.309 e. The fourth-order valence-corrected chi connectivity index (χ4v) is 5.17. The lowest BCUT2D eigenvalue weighted by atomic mass is 10.1. The van der Waals surface area contributed by atoms with Crippen molar-refractivity contribution in [3.63, 3.8) is 0 Å². The average molecular weight is 368 g/mol. The van der Waals surface area contributed by atoms with E-state index in [4.69, 9.17) is 0 Å². The molecule has 0 bridgehead atoms. The number of hydrogen-bond donors (Lipinski definition) is 0. The summed E-state index contributed by atoms with van der Waals surface area (Å²) >= 11 is 0. The van der Waals surface area contributed by atoms with Crippen LogP contribution in [0.15, 0.2) is 97.1 Å². The van der Waals surface area contributed by atoms with Gasteiger partial charge in [0.25, 0.3) is 0 Å². The summed E-state index contributed by atoms with van der Waals surface area (Å²) in [6.07, 6.45) is 0. The van der Waals surface area contributed by atoms with Gasteiger partial charge in [-0.15, -0.1) is 0 Å². The van der Waals surface area contributed by atoms with Crippen molar-refractivity contribution in [1.29, 1.82) is 0 Å². The quantitative estimate of drug-likeness (QED) is 0.370. The molecule has 1 nitrogen and oxygen atoms in total. The smallest absolute Gasteiger partial charge is 0.0804 e. The van der Waals surface area contributed by atoms with E-state index in [0.717, 1.165) is 0 Å². The zero-order valence-corrected chi connectivity index (χ0v) is 17.2. The summed E-state index contributed by atoms with van der Waals surface area (Å²) in [5.41, 5.74) is 6.33. The van der Waals surface area contributed by atoms with Gasteiger partial charge in [0.15, 0.2) is 0 Å². The van der Waals surface area contributed by atoms with E-state index in [1.165, 1.54) is 33.4 Å². The predicted octanol–water partition coefficient (Wildman–Crippen LogP) is 6.36. The molecule has 0 aliphatic carbocycles. The van der Waals surface area contributed by atoms with E-state index in [9.17, 15) is 0 Å². The van der Waals surface area contributed by atoms with Crippen molar-refractivity contribution in [1.82, 2.24) is 4.57 Å². The predicted molar refractivity (Wildman–Crippen MR) is 120 cm³/mol. The average Bonchev–Trinajstić information content (AvgIpc) is 3.11. The molecule has 2 heteroatoms. The van der Waals surface area contributed by atoms with Gasteiger partial charge in [0.05, 0.1) is 19.5 Å². The molecule has 0 aliphatic heterocycles. The summed E-state index contributed by atoms with van der Waals surface area (Å²) in [4.78, 5) is 0. The van der Waals surface area contributed by atoms with Crippen LogP contribution in [0.4, 0.5) is 0 Å². The topological polar surface area (TPSA) is 4.93 Å². The molecule has 0 spiro atoms. The number of benzene rings is 3. The molecule has 0 aliphatic rings. The summed E-state index contributed by atoms with van der Waals surface area (Å²) in [7, 11) is -1.56. The minimum atomic E-state index is -1.56. The van der Waals surface area contributed by atoms with E-state index < -0.39 is 8.07 Å². The van der Waals surface area contributed by atoms with Crippen LogP contribution in [0.25, 0.3) is 28.2 Å². The first-order valence-electron chi connectivity index (χ1n) is 9.48. The van der Waals surface area contributed by atoms with E-state index in [0.29, 0.717) is 0 Å². The maximum absolute atomic E-state index is 2.44.